The van der Waals surface area contributed by atoms with Gasteiger partial charge in [-0.25, -0.2) is 4.79 Å². The highest BCUT2D eigenvalue weighted by Crippen LogP contribution is 2.33. The summed E-state index contributed by atoms with van der Waals surface area (Å²) in [5.41, 5.74) is 7.02. The van der Waals surface area contributed by atoms with Gasteiger partial charge in [0.1, 0.15) is 5.76 Å². The summed E-state index contributed by atoms with van der Waals surface area (Å²) in [6.07, 6.45) is 1.59. The summed E-state index contributed by atoms with van der Waals surface area (Å²) in [5.74, 6) is 0.275. The molecule has 0 amide bonds. The fourth-order valence-corrected chi connectivity index (χ4v) is 2.36. The van der Waals surface area contributed by atoms with E-state index >= 15 is 0 Å². The molecule has 0 spiro atoms. The third-order valence-corrected chi connectivity index (χ3v) is 3.13. The summed E-state index contributed by atoms with van der Waals surface area (Å²) in [7, 11) is 3.13. The van der Waals surface area contributed by atoms with Crippen LogP contribution in [0.25, 0.3) is 0 Å². The Kier molecular flexibility index (Phi) is 4.20. The number of hydrogen-bond donors (Lipinski definition) is 1. The van der Waals surface area contributed by atoms with Crippen molar-refractivity contribution in [1.29, 1.82) is 0 Å². The number of carbonyl (C=O) groups excluding carboxylic acids is 1. The molecule has 6 heteroatoms. The molecule has 20 heavy (non-hydrogen) atoms. The molecule has 0 radical (unpaired) electrons. The summed E-state index contributed by atoms with van der Waals surface area (Å²) >= 11 is 6.21. The topological polar surface area (TPSA) is 68.7 Å². The van der Waals surface area contributed by atoms with Crippen molar-refractivity contribution in [1.82, 2.24) is 0 Å². The van der Waals surface area contributed by atoms with Crippen LogP contribution in [0.2, 0.25) is 5.02 Å². The van der Waals surface area contributed by atoms with Crippen LogP contribution >= 0.6 is 11.6 Å². The monoisotopic (exact) mass is 294 g/mol. The van der Waals surface area contributed by atoms with Gasteiger partial charge in [-0.2, -0.15) is 0 Å². The summed E-state index contributed by atoms with van der Waals surface area (Å²) < 4.78 is 10.1. The molecular weight excluding hydrogens is 280 g/mol. The van der Waals surface area contributed by atoms with Gasteiger partial charge in [0, 0.05) is 12.7 Å². The van der Waals surface area contributed by atoms with Crippen molar-refractivity contribution in [3.05, 3.63) is 46.9 Å². The van der Waals surface area contributed by atoms with Crippen LogP contribution in [0.15, 0.2) is 34.9 Å². The molecule has 0 bridgehead atoms. The number of furan rings is 1. The lowest BCUT2D eigenvalue weighted by Crippen LogP contribution is -2.20. The molecule has 2 N–H and O–H groups in total. The minimum Gasteiger partial charge on any atom is -0.467 e. The first kappa shape index (κ1) is 14.3. The first-order valence-electron chi connectivity index (χ1n) is 5.93. The van der Waals surface area contributed by atoms with E-state index in [1.807, 2.05) is 18.0 Å². The smallest absolute Gasteiger partial charge is 0.340 e. The zero-order valence-corrected chi connectivity index (χ0v) is 12.0. The van der Waals surface area contributed by atoms with E-state index in [2.05, 4.69) is 0 Å². The number of esters is 1. The standard InChI is InChI=1S/C14H15ClN2O3/c1-17(8-10-4-3-5-20-10)13-11(14(18)19-2)6-9(16)7-12(13)15/h3-7H,8,16H2,1-2H3. The number of hydrogen-bond acceptors (Lipinski definition) is 5. The van der Waals surface area contributed by atoms with Crippen molar-refractivity contribution in [3.63, 3.8) is 0 Å². The van der Waals surface area contributed by atoms with Gasteiger partial charge in [0.15, 0.2) is 0 Å². The minimum absolute atomic E-state index is 0.326. The number of nitrogen functional groups attached to an aromatic ring is 1. The van der Waals surface area contributed by atoms with E-state index in [9.17, 15) is 4.79 Å². The zero-order chi connectivity index (χ0) is 14.7. The maximum absolute atomic E-state index is 11.9. The van der Waals surface area contributed by atoms with Crippen molar-refractivity contribution in [2.75, 3.05) is 24.8 Å². The Morgan fingerprint density at radius 1 is 1.50 bits per heavy atom. The van der Waals surface area contributed by atoms with Crippen LogP contribution in [-0.4, -0.2) is 20.1 Å². The normalized spacial score (nSPS) is 10.3. The van der Waals surface area contributed by atoms with E-state index < -0.39 is 5.97 Å². The first-order valence-corrected chi connectivity index (χ1v) is 6.31. The Hall–Kier alpha value is -2.14. The van der Waals surface area contributed by atoms with Crippen molar-refractivity contribution in [2.24, 2.45) is 0 Å². The lowest BCUT2D eigenvalue weighted by Gasteiger charge is -2.22. The highest BCUT2D eigenvalue weighted by Gasteiger charge is 2.20. The molecule has 1 aromatic heterocycles. The van der Waals surface area contributed by atoms with Gasteiger partial charge in [-0.15, -0.1) is 0 Å². The van der Waals surface area contributed by atoms with Crippen molar-refractivity contribution in [2.45, 2.75) is 6.54 Å². The molecule has 0 saturated heterocycles. The van der Waals surface area contributed by atoms with E-state index in [0.29, 0.717) is 28.5 Å². The zero-order valence-electron chi connectivity index (χ0n) is 11.2. The van der Waals surface area contributed by atoms with Gasteiger partial charge in [0.2, 0.25) is 0 Å². The van der Waals surface area contributed by atoms with Gasteiger partial charge < -0.3 is 19.8 Å². The summed E-state index contributed by atoms with van der Waals surface area (Å²) in [6, 6.07) is 6.79. The molecule has 1 aromatic carbocycles. The first-order chi connectivity index (χ1) is 9.52. The SMILES string of the molecule is COC(=O)c1cc(N)cc(Cl)c1N(C)Cc1ccco1. The molecule has 106 valence electrons. The number of carbonyl (C=O) groups is 1. The maximum atomic E-state index is 11.9. The Balaban J connectivity index is 2.41. The molecular formula is C14H15ClN2O3. The van der Waals surface area contributed by atoms with E-state index in [-0.39, 0.29) is 0 Å². The molecule has 0 unspecified atom stereocenters. The largest absolute Gasteiger partial charge is 0.467 e. The molecule has 1 heterocycles. The second-order valence-corrected chi connectivity index (χ2v) is 4.73. The predicted octanol–water partition coefficient (Wildman–Crippen LogP) is 2.94. The quantitative estimate of drug-likeness (QED) is 0.693. The van der Waals surface area contributed by atoms with Crippen LogP contribution in [0.4, 0.5) is 11.4 Å². The van der Waals surface area contributed by atoms with Crippen molar-refractivity contribution in [3.8, 4) is 0 Å². The lowest BCUT2D eigenvalue weighted by atomic mass is 10.1. The Morgan fingerprint density at radius 3 is 2.85 bits per heavy atom. The third-order valence-electron chi connectivity index (χ3n) is 2.85. The highest BCUT2D eigenvalue weighted by atomic mass is 35.5. The third kappa shape index (κ3) is 2.88. The number of anilines is 2. The van der Waals surface area contributed by atoms with E-state index in [1.54, 1.807) is 24.5 Å². The van der Waals surface area contributed by atoms with Crippen LogP contribution in [-0.2, 0) is 11.3 Å². The molecule has 5 nitrogen and oxygen atoms in total. The van der Waals surface area contributed by atoms with Crippen LogP contribution in [0, 0.1) is 0 Å². The molecule has 0 aliphatic carbocycles. The second kappa shape index (κ2) is 5.88. The molecule has 2 rings (SSSR count). The number of benzene rings is 1. The fraction of sp³-hybridized carbons (Fsp3) is 0.214. The van der Waals surface area contributed by atoms with Crippen LogP contribution in [0.5, 0.6) is 0 Å². The maximum Gasteiger partial charge on any atom is 0.340 e. The van der Waals surface area contributed by atoms with E-state index in [1.165, 1.54) is 7.11 Å². The van der Waals surface area contributed by atoms with Crippen LogP contribution in [0.3, 0.4) is 0 Å². The van der Waals surface area contributed by atoms with E-state index in [0.717, 1.165) is 5.76 Å². The Morgan fingerprint density at radius 2 is 2.25 bits per heavy atom. The number of ether oxygens (including phenoxy) is 1. The van der Waals surface area contributed by atoms with Crippen LogP contribution < -0.4 is 10.6 Å². The number of halogens is 1. The van der Waals surface area contributed by atoms with Gasteiger partial charge in [-0.3, -0.25) is 0 Å². The highest BCUT2D eigenvalue weighted by molar-refractivity contribution is 6.34. The van der Waals surface area contributed by atoms with Gasteiger partial charge in [-0.1, -0.05) is 11.6 Å². The van der Waals surface area contributed by atoms with Crippen molar-refractivity contribution >= 4 is 28.9 Å². The minimum atomic E-state index is -0.486. The fourth-order valence-electron chi connectivity index (χ4n) is 1.99. The summed E-state index contributed by atoms with van der Waals surface area (Å²) in [6.45, 7) is 0.473. The molecule has 0 aliphatic rings. The van der Waals surface area contributed by atoms with Crippen LogP contribution in [0.1, 0.15) is 16.1 Å². The number of nitrogens with zero attached hydrogens (tertiary/aromatic N) is 1. The van der Waals surface area contributed by atoms with Gasteiger partial charge >= 0.3 is 5.97 Å². The average molecular weight is 295 g/mol. The Bertz CT molecular complexity index is 611. The van der Waals surface area contributed by atoms with Crippen molar-refractivity contribution < 1.29 is 13.9 Å². The molecule has 0 atom stereocenters. The lowest BCUT2D eigenvalue weighted by molar-refractivity contribution is 0.0601. The summed E-state index contributed by atoms with van der Waals surface area (Å²) in [5, 5.41) is 0.388. The van der Waals surface area contributed by atoms with E-state index in [4.69, 9.17) is 26.5 Å². The number of rotatable bonds is 4. The summed E-state index contributed by atoms with van der Waals surface area (Å²) in [4.78, 5) is 13.7. The number of methoxy groups -OCH3 is 1. The molecule has 0 saturated carbocycles. The number of nitrogens with two attached hydrogens (primary N) is 1. The second-order valence-electron chi connectivity index (χ2n) is 4.33. The Labute approximate surface area is 121 Å². The molecule has 0 aliphatic heterocycles. The average Bonchev–Trinajstić information content (AvgIpc) is 2.89. The molecule has 0 fully saturated rings. The van der Waals surface area contributed by atoms with Gasteiger partial charge in [0.25, 0.3) is 0 Å². The predicted molar refractivity (Wildman–Crippen MR) is 78.0 cm³/mol. The molecule has 2 aromatic rings. The van der Waals surface area contributed by atoms with Gasteiger partial charge in [0.05, 0.1) is 36.2 Å². The van der Waals surface area contributed by atoms with Gasteiger partial charge in [-0.05, 0) is 24.3 Å².